The minimum absolute atomic E-state index is 0.273. The summed E-state index contributed by atoms with van der Waals surface area (Å²) in [6, 6.07) is 0. The highest BCUT2D eigenvalue weighted by Gasteiger charge is 2.48. The average Bonchev–Trinajstić information content (AvgIpc) is 2.95. The fourth-order valence-corrected chi connectivity index (χ4v) is 4.83. The number of H-pyrrole nitrogens is 2. The van der Waals surface area contributed by atoms with E-state index in [1.165, 1.54) is 19.3 Å². The third-order valence-corrected chi connectivity index (χ3v) is 6.60. The number of aromatic nitrogens is 2. The number of nitrogens with one attached hydrogen (secondary N) is 2. The average molecular weight is 360 g/mol. The van der Waals surface area contributed by atoms with E-state index in [-0.39, 0.29) is 11.0 Å². The van der Waals surface area contributed by atoms with E-state index in [2.05, 4.69) is 19.8 Å². The summed E-state index contributed by atoms with van der Waals surface area (Å²) in [5.41, 5.74) is 0.139. The number of rotatable bonds is 4. The highest BCUT2D eigenvalue weighted by Crippen LogP contribution is 2.41. The van der Waals surface area contributed by atoms with Gasteiger partial charge in [-0.1, -0.05) is 6.42 Å². The van der Waals surface area contributed by atoms with Crippen molar-refractivity contribution in [2.24, 2.45) is 11.3 Å². The number of carbonyl (C=O) groups excluding carboxylic acids is 1. The third kappa shape index (κ3) is 3.13. The first-order valence-corrected chi connectivity index (χ1v) is 9.81. The van der Waals surface area contributed by atoms with Crippen LogP contribution in [-0.2, 0) is 11.3 Å². The first kappa shape index (κ1) is 17.5. The maximum Gasteiger partial charge on any atom is 0.325 e. The summed E-state index contributed by atoms with van der Waals surface area (Å²) in [6.45, 7) is 5.60. The Kier molecular flexibility index (Phi) is 4.50. The van der Waals surface area contributed by atoms with Gasteiger partial charge in [-0.25, -0.2) is 4.79 Å². The molecule has 4 rings (SSSR count). The van der Waals surface area contributed by atoms with Crippen LogP contribution < -0.4 is 11.2 Å². The van der Waals surface area contributed by atoms with Crippen LogP contribution in [0, 0.1) is 18.3 Å². The predicted molar refractivity (Wildman–Crippen MR) is 97.9 cm³/mol. The summed E-state index contributed by atoms with van der Waals surface area (Å²) < 4.78 is 0. The van der Waals surface area contributed by atoms with E-state index in [0.29, 0.717) is 36.2 Å². The Morgan fingerprint density at radius 1 is 1.08 bits per heavy atom. The number of likely N-dealkylation sites (tertiary alicyclic amines) is 2. The van der Waals surface area contributed by atoms with Crippen LogP contribution in [0.25, 0.3) is 0 Å². The van der Waals surface area contributed by atoms with Crippen LogP contribution in [0.15, 0.2) is 9.59 Å². The molecule has 2 saturated heterocycles. The molecule has 0 aromatic carbocycles. The highest BCUT2D eigenvalue weighted by molar-refractivity contribution is 5.84. The van der Waals surface area contributed by atoms with Crippen molar-refractivity contribution in [3.05, 3.63) is 32.1 Å². The van der Waals surface area contributed by atoms with E-state index >= 15 is 0 Å². The van der Waals surface area contributed by atoms with E-state index in [9.17, 15) is 14.4 Å². The zero-order chi connectivity index (χ0) is 18.3. The number of carbonyl (C=O) groups is 1. The largest absolute Gasteiger partial charge is 0.342 e. The molecular weight excluding hydrogens is 332 g/mol. The summed E-state index contributed by atoms with van der Waals surface area (Å²) >= 11 is 0. The molecule has 1 spiro atoms. The monoisotopic (exact) mass is 360 g/mol. The summed E-state index contributed by atoms with van der Waals surface area (Å²) in [5.74, 6) is 1.03. The molecule has 3 heterocycles. The van der Waals surface area contributed by atoms with Crippen molar-refractivity contribution in [3.8, 4) is 0 Å². The fraction of sp³-hybridized carbons (Fsp3) is 0.737. The maximum atomic E-state index is 13.2. The molecule has 1 unspecified atom stereocenters. The Morgan fingerprint density at radius 2 is 1.88 bits per heavy atom. The molecule has 0 radical (unpaired) electrons. The minimum atomic E-state index is -0.469. The topological polar surface area (TPSA) is 89.3 Å². The highest BCUT2D eigenvalue weighted by atomic mass is 16.2. The van der Waals surface area contributed by atoms with Gasteiger partial charge in [0.25, 0.3) is 5.56 Å². The molecule has 1 atom stereocenters. The smallest absolute Gasteiger partial charge is 0.325 e. The quantitative estimate of drug-likeness (QED) is 0.838. The SMILES string of the molecule is Cc1[nH]c(=O)[nH]c(=O)c1CN1CCC2(CCCN(CC3CCC3)C2=O)C1. The van der Waals surface area contributed by atoms with Gasteiger partial charge in [-0.15, -0.1) is 0 Å². The normalized spacial score (nSPS) is 27.3. The van der Waals surface area contributed by atoms with Crippen molar-refractivity contribution in [1.82, 2.24) is 19.8 Å². The van der Waals surface area contributed by atoms with E-state index in [0.717, 1.165) is 38.9 Å². The molecule has 1 aromatic rings. The molecule has 7 nitrogen and oxygen atoms in total. The summed E-state index contributed by atoms with van der Waals surface area (Å²) in [6.07, 6.45) is 6.72. The molecule has 26 heavy (non-hydrogen) atoms. The second-order valence-corrected chi connectivity index (χ2v) is 8.40. The van der Waals surface area contributed by atoms with Gasteiger partial charge >= 0.3 is 5.69 Å². The molecule has 1 aliphatic carbocycles. The number of aromatic amines is 2. The number of amides is 1. The number of hydrogen-bond acceptors (Lipinski definition) is 4. The van der Waals surface area contributed by atoms with Crippen LogP contribution in [0.4, 0.5) is 0 Å². The van der Waals surface area contributed by atoms with E-state index in [4.69, 9.17) is 0 Å². The molecule has 1 amide bonds. The molecule has 3 aliphatic rings. The molecule has 2 N–H and O–H groups in total. The maximum absolute atomic E-state index is 13.2. The summed E-state index contributed by atoms with van der Waals surface area (Å²) in [4.78, 5) is 45.9. The number of nitrogens with zero attached hydrogens (tertiary/aromatic N) is 2. The zero-order valence-corrected chi connectivity index (χ0v) is 15.5. The van der Waals surface area contributed by atoms with Gasteiger partial charge in [0, 0.05) is 31.9 Å². The summed E-state index contributed by atoms with van der Waals surface area (Å²) in [7, 11) is 0. The Hall–Kier alpha value is -1.89. The van der Waals surface area contributed by atoms with Crippen LogP contribution in [0.2, 0.25) is 0 Å². The first-order valence-electron chi connectivity index (χ1n) is 9.81. The van der Waals surface area contributed by atoms with Gasteiger partial charge in [0.1, 0.15) is 0 Å². The van der Waals surface area contributed by atoms with E-state index in [1.807, 2.05) is 0 Å². The minimum Gasteiger partial charge on any atom is -0.342 e. The van der Waals surface area contributed by atoms with Crippen molar-refractivity contribution < 1.29 is 4.79 Å². The van der Waals surface area contributed by atoms with Gasteiger partial charge < -0.3 is 9.88 Å². The van der Waals surface area contributed by atoms with Crippen LogP contribution >= 0.6 is 0 Å². The molecule has 1 saturated carbocycles. The van der Waals surface area contributed by atoms with Crippen LogP contribution in [-0.4, -0.2) is 51.9 Å². The lowest BCUT2D eigenvalue weighted by Crippen LogP contribution is -2.51. The molecule has 3 fully saturated rings. The van der Waals surface area contributed by atoms with Crippen LogP contribution in [0.5, 0.6) is 0 Å². The molecule has 142 valence electrons. The molecule has 1 aromatic heterocycles. The Balaban J connectivity index is 1.46. The standard InChI is InChI=1S/C19H28N4O3/c1-13-15(16(24)21-18(26)20-13)11-22-9-7-19(12-22)6-3-8-23(17(19)25)10-14-4-2-5-14/h14H,2-12H2,1H3,(H2,20,21,24,26). The molecule has 7 heteroatoms. The third-order valence-electron chi connectivity index (χ3n) is 6.60. The van der Waals surface area contributed by atoms with Crippen molar-refractivity contribution in [3.63, 3.8) is 0 Å². The lowest BCUT2D eigenvalue weighted by Gasteiger charge is -2.42. The Labute approximate surface area is 152 Å². The van der Waals surface area contributed by atoms with Gasteiger partial charge in [-0.2, -0.15) is 0 Å². The van der Waals surface area contributed by atoms with Crippen molar-refractivity contribution in [2.45, 2.75) is 52.0 Å². The number of hydrogen-bond donors (Lipinski definition) is 2. The van der Waals surface area contributed by atoms with Crippen molar-refractivity contribution in [1.29, 1.82) is 0 Å². The fourth-order valence-electron chi connectivity index (χ4n) is 4.83. The Bertz CT molecular complexity index is 810. The zero-order valence-electron chi connectivity index (χ0n) is 15.5. The van der Waals surface area contributed by atoms with Crippen molar-refractivity contribution in [2.75, 3.05) is 26.2 Å². The number of aryl methyl sites for hydroxylation is 1. The van der Waals surface area contributed by atoms with Crippen molar-refractivity contribution >= 4 is 5.91 Å². The first-order chi connectivity index (χ1) is 12.5. The van der Waals surface area contributed by atoms with Gasteiger partial charge in [-0.05, 0) is 51.5 Å². The van der Waals surface area contributed by atoms with E-state index in [1.54, 1.807) is 6.92 Å². The van der Waals surface area contributed by atoms with E-state index < -0.39 is 5.69 Å². The predicted octanol–water partition coefficient (Wildman–Crippen LogP) is 0.986. The van der Waals surface area contributed by atoms with Gasteiger partial charge in [0.05, 0.1) is 11.0 Å². The second-order valence-electron chi connectivity index (χ2n) is 8.40. The summed E-state index contributed by atoms with van der Waals surface area (Å²) in [5, 5.41) is 0. The van der Waals surface area contributed by atoms with Crippen LogP contribution in [0.1, 0.15) is 49.8 Å². The van der Waals surface area contributed by atoms with Crippen LogP contribution in [0.3, 0.4) is 0 Å². The molecule has 0 bridgehead atoms. The van der Waals surface area contributed by atoms with Gasteiger partial charge in [-0.3, -0.25) is 19.5 Å². The van der Waals surface area contributed by atoms with Gasteiger partial charge in [0.15, 0.2) is 0 Å². The molecule has 2 aliphatic heterocycles. The molecular formula is C19H28N4O3. The lowest BCUT2D eigenvalue weighted by molar-refractivity contribution is -0.146. The lowest BCUT2D eigenvalue weighted by atomic mass is 9.77. The Morgan fingerprint density at radius 3 is 2.58 bits per heavy atom. The number of piperidine rings is 1. The second kappa shape index (κ2) is 6.68. The van der Waals surface area contributed by atoms with Gasteiger partial charge in [0.2, 0.25) is 5.91 Å².